The number of halogens is 1. The number of hydrogen-bond acceptors (Lipinski definition) is 5. The third-order valence-electron chi connectivity index (χ3n) is 2.07. The largest absolute Gasteiger partial charge is 0.452 e. The van der Waals surface area contributed by atoms with Gasteiger partial charge in [-0.3, -0.25) is 0 Å². The molecule has 0 radical (unpaired) electrons. The van der Waals surface area contributed by atoms with Gasteiger partial charge in [0.1, 0.15) is 5.82 Å². The minimum absolute atomic E-state index is 0.00505. The van der Waals surface area contributed by atoms with Gasteiger partial charge in [0.25, 0.3) is 10.0 Å². The Labute approximate surface area is 109 Å². The van der Waals surface area contributed by atoms with Crippen LogP contribution in [0.3, 0.4) is 0 Å². The summed E-state index contributed by atoms with van der Waals surface area (Å²) in [6, 6.07) is 2.93. The van der Waals surface area contributed by atoms with Crippen molar-refractivity contribution in [3.63, 3.8) is 0 Å². The summed E-state index contributed by atoms with van der Waals surface area (Å²) in [6.07, 6.45) is 1.32. The molecule has 0 aliphatic carbocycles. The number of benzene rings is 1. The van der Waals surface area contributed by atoms with Gasteiger partial charge >= 0.3 is 6.09 Å². The second kappa shape index (κ2) is 6.30. The number of amides is 1. The topological polar surface area (TPSA) is 92.7 Å². The fraction of sp³-hybridized carbons (Fsp3) is 0.182. The van der Waals surface area contributed by atoms with E-state index < -0.39 is 21.9 Å². The Morgan fingerprint density at radius 1 is 1.53 bits per heavy atom. The number of methoxy groups -OCH3 is 1. The van der Waals surface area contributed by atoms with Crippen molar-refractivity contribution in [2.75, 3.05) is 13.7 Å². The third-order valence-corrected chi connectivity index (χ3v) is 3.45. The number of hydrogen-bond donors (Lipinski definition) is 2. The van der Waals surface area contributed by atoms with Crippen LogP contribution in [-0.4, -0.2) is 33.3 Å². The second-order valence-corrected chi connectivity index (χ2v) is 5.01. The molecule has 0 saturated carbocycles. The van der Waals surface area contributed by atoms with Crippen molar-refractivity contribution < 1.29 is 27.4 Å². The van der Waals surface area contributed by atoms with Crippen molar-refractivity contribution in [3.8, 4) is 0 Å². The maximum absolute atomic E-state index is 13.1. The number of aliphatic hydroxyl groups excluding tert-OH is 1. The lowest BCUT2D eigenvalue weighted by atomic mass is 10.2. The SMILES string of the molecule is COC(=O)NS(=O)(=O)c1ccc(F)cc1/C=C\CO. The van der Waals surface area contributed by atoms with Crippen molar-refractivity contribution in [2.45, 2.75) is 4.90 Å². The quantitative estimate of drug-likeness (QED) is 0.858. The van der Waals surface area contributed by atoms with Crippen LogP contribution >= 0.6 is 0 Å². The second-order valence-electron chi connectivity index (χ2n) is 3.36. The maximum Gasteiger partial charge on any atom is 0.420 e. The van der Waals surface area contributed by atoms with Crippen LogP contribution in [0.1, 0.15) is 5.56 Å². The van der Waals surface area contributed by atoms with Crippen molar-refractivity contribution in [1.29, 1.82) is 0 Å². The van der Waals surface area contributed by atoms with Gasteiger partial charge in [0.05, 0.1) is 18.6 Å². The molecule has 0 aromatic heterocycles. The highest BCUT2D eigenvalue weighted by Crippen LogP contribution is 2.18. The molecule has 1 aromatic rings. The van der Waals surface area contributed by atoms with Crippen LogP contribution in [0.25, 0.3) is 6.08 Å². The van der Waals surface area contributed by atoms with Crippen molar-refractivity contribution in [3.05, 3.63) is 35.7 Å². The third kappa shape index (κ3) is 4.04. The summed E-state index contributed by atoms with van der Waals surface area (Å²) < 4.78 is 42.7. The number of nitrogens with one attached hydrogen (secondary N) is 1. The van der Waals surface area contributed by atoms with Crippen LogP contribution in [0.2, 0.25) is 0 Å². The normalized spacial score (nSPS) is 11.5. The predicted octanol–water partition coefficient (Wildman–Crippen LogP) is 0.876. The molecule has 2 N–H and O–H groups in total. The monoisotopic (exact) mass is 289 g/mol. The van der Waals surface area contributed by atoms with Crippen LogP contribution < -0.4 is 4.72 Å². The van der Waals surface area contributed by atoms with Gasteiger partial charge in [0, 0.05) is 0 Å². The summed E-state index contributed by atoms with van der Waals surface area (Å²) in [6.45, 7) is -0.333. The lowest BCUT2D eigenvalue weighted by Crippen LogP contribution is -2.30. The number of ether oxygens (including phenoxy) is 1. The molecule has 0 atom stereocenters. The van der Waals surface area contributed by atoms with Crippen LogP contribution in [-0.2, 0) is 14.8 Å². The Kier molecular flexibility index (Phi) is 5.02. The molecular weight excluding hydrogens is 277 g/mol. The molecule has 0 spiro atoms. The molecule has 0 saturated heterocycles. The first kappa shape index (κ1) is 15.1. The summed E-state index contributed by atoms with van der Waals surface area (Å²) >= 11 is 0. The summed E-state index contributed by atoms with van der Waals surface area (Å²) in [5, 5.41) is 8.65. The Morgan fingerprint density at radius 2 is 2.21 bits per heavy atom. The summed E-state index contributed by atoms with van der Waals surface area (Å²) in [5.74, 6) is -0.644. The minimum Gasteiger partial charge on any atom is -0.452 e. The predicted molar refractivity (Wildman–Crippen MR) is 65.2 cm³/mol. The van der Waals surface area contributed by atoms with Crippen molar-refractivity contribution in [2.24, 2.45) is 0 Å². The zero-order valence-corrected chi connectivity index (χ0v) is 10.8. The summed E-state index contributed by atoms with van der Waals surface area (Å²) in [5.41, 5.74) is 0.00505. The first-order valence-electron chi connectivity index (χ1n) is 5.08. The molecule has 104 valence electrons. The lowest BCUT2D eigenvalue weighted by molar-refractivity contribution is 0.177. The van der Waals surface area contributed by atoms with E-state index in [0.29, 0.717) is 0 Å². The lowest BCUT2D eigenvalue weighted by Gasteiger charge is -2.08. The number of aliphatic hydroxyl groups is 1. The van der Waals surface area contributed by atoms with Crippen LogP contribution in [0.4, 0.5) is 9.18 Å². The Morgan fingerprint density at radius 3 is 2.79 bits per heavy atom. The highest BCUT2D eigenvalue weighted by Gasteiger charge is 2.21. The fourth-order valence-electron chi connectivity index (χ4n) is 1.28. The Bertz CT molecular complexity index is 597. The molecule has 1 rings (SSSR count). The minimum atomic E-state index is -4.17. The highest BCUT2D eigenvalue weighted by atomic mass is 32.2. The fourth-order valence-corrected chi connectivity index (χ4v) is 2.38. The molecular formula is C11H12FNO5S. The van der Waals surface area contributed by atoms with E-state index in [9.17, 15) is 17.6 Å². The molecule has 0 fully saturated rings. The average molecular weight is 289 g/mol. The summed E-state index contributed by atoms with van der Waals surface area (Å²) in [4.78, 5) is 10.6. The van der Waals surface area contributed by atoms with E-state index in [1.165, 1.54) is 12.2 Å². The Balaban J connectivity index is 3.25. The van der Waals surface area contributed by atoms with Crippen LogP contribution in [0.5, 0.6) is 0 Å². The molecule has 6 nitrogen and oxygen atoms in total. The number of carbonyl (C=O) groups is 1. The van der Waals surface area contributed by atoms with Crippen molar-refractivity contribution >= 4 is 22.2 Å². The molecule has 1 amide bonds. The van der Waals surface area contributed by atoms with E-state index in [0.717, 1.165) is 25.3 Å². The van der Waals surface area contributed by atoms with Gasteiger partial charge in [-0.25, -0.2) is 22.3 Å². The Hall–Kier alpha value is -1.93. The van der Waals surface area contributed by atoms with Crippen LogP contribution in [0.15, 0.2) is 29.2 Å². The van der Waals surface area contributed by atoms with E-state index in [1.54, 1.807) is 4.72 Å². The van der Waals surface area contributed by atoms with Gasteiger partial charge in [0.15, 0.2) is 0 Å². The van der Waals surface area contributed by atoms with Gasteiger partial charge in [-0.1, -0.05) is 12.2 Å². The highest BCUT2D eigenvalue weighted by molar-refractivity contribution is 7.90. The molecule has 1 aromatic carbocycles. The smallest absolute Gasteiger partial charge is 0.420 e. The molecule has 0 aliphatic heterocycles. The van der Waals surface area contributed by atoms with Gasteiger partial charge < -0.3 is 9.84 Å². The van der Waals surface area contributed by atoms with E-state index in [1.807, 2.05) is 0 Å². The average Bonchev–Trinajstić information content (AvgIpc) is 2.35. The molecule has 0 aliphatic rings. The number of sulfonamides is 1. The first-order chi connectivity index (χ1) is 8.90. The number of rotatable bonds is 4. The molecule has 0 bridgehead atoms. The van der Waals surface area contributed by atoms with Gasteiger partial charge in [-0.2, -0.15) is 0 Å². The van der Waals surface area contributed by atoms with E-state index >= 15 is 0 Å². The standard InChI is InChI=1S/C11H12FNO5S/c1-18-11(15)13-19(16,17)10-5-4-9(12)7-8(10)3-2-6-14/h2-5,7,14H,6H2,1H3,(H,13,15)/b3-2-. The van der Waals surface area contributed by atoms with Crippen LogP contribution in [0, 0.1) is 5.82 Å². The summed E-state index contributed by atoms with van der Waals surface area (Å²) in [7, 11) is -3.16. The molecule has 0 heterocycles. The molecule has 19 heavy (non-hydrogen) atoms. The first-order valence-corrected chi connectivity index (χ1v) is 6.56. The van der Waals surface area contributed by atoms with E-state index in [2.05, 4.69) is 4.74 Å². The zero-order valence-electron chi connectivity index (χ0n) is 9.96. The van der Waals surface area contributed by atoms with Crippen molar-refractivity contribution in [1.82, 2.24) is 4.72 Å². The molecule has 0 unspecified atom stereocenters. The molecule has 8 heteroatoms. The maximum atomic E-state index is 13.1. The number of carbonyl (C=O) groups excluding carboxylic acids is 1. The van der Waals surface area contributed by atoms with E-state index in [4.69, 9.17) is 5.11 Å². The van der Waals surface area contributed by atoms with Gasteiger partial charge in [-0.05, 0) is 23.8 Å². The van der Waals surface area contributed by atoms with Gasteiger partial charge in [-0.15, -0.1) is 0 Å². The zero-order chi connectivity index (χ0) is 14.5. The van der Waals surface area contributed by atoms with Gasteiger partial charge in [0.2, 0.25) is 0 Å². The van der Waals surface area contributed by atoms with E-state index in [-0.39, 0.29) is 17.1 Å².